The first-order valence-electron chi connectivity index (χ1n) is 7.24. The molecule has 0 unspecified atom stereocenters. The first kappa shape index (κ1) is 17.2. The Hall–Kier alpha value is -1.88. The lowest BCUT2D eigenvalue weighted by Crippen LogP contribution is -2.40. The van der Waals surface area contributed by atoms with Gasteiger partial charge in [-0.15, -0.1) is 0 Å². The highest BCUT2D eigenvalue weighted by atomic mass is 16.2. The maximum atomic E-state index is 12.0. The topological polar surface area (TPSA) is 84.2 Å². The third-order valence-corrected chi connectivity index (χ3v) is 2.78. The average molecular weight is 291 g/mol. The van der Waals surface area contributed by atoms with Gasteiger partial charge >= 0.3 is 0 Å². The standard InChI is InChI=1S/C16H25N3O2/c1-16(2,3)19-15(21)12-7-9-13(10-8-12)18-14(20)6-4-5-11-17/h7-10H,4-6,11,17H2,1-3H3,(H,18,20)(H,19,21). The molecule has 0 saturated carbocycles. The Morgan fingerprint density at radius 2 is 1.71 bits per heavy atom. The first-order chi connectivity index (χ1) is 9.81. The smallest absolute Gasteiger partial charge is 0.251 e. The summed E-state index contributed by atoms with van der Waals surface area (Å²) in [5, 5.41) is 5.70. The van der Waals surface area contributed by atoms with Crippen LogP contribution in [0.4, 0.5) is 5.69 Å². The van der Waals surface area contributed by atoms with E-state index in [4.69, 9.17) is 5.73 Å². The molecule has 1 rings (SSSR count). The van der Waals surface area contributed by atoms with E-state index in [9.17, 15) is 9.59 Å². The van der Waals surface area contributed by atoms with E-state index >= 15 is 0 Å². The number of nitrogens with one attached hydrogen (secondary N) is 2. The van der Waals surface area contributed by atoms with Crippen LogP contribution in [0, 0.1) is 0 Å². The second-order valence-corrected chi connectivity index (χ2v) is 6.08. The molecule has 5 heteroatoms. The zero-order valence-electron chi connectivity index (χ0n) is 13.0. The lowest BCUT2D eigenvalue weighted by molar-refractivity contribution is -0.116. The van der Waals surface area contributed by atoms with Crippen molar-refractivity contribution in [1.82, 2.24) is 5.32 Å². The fraction of sp³-hybridized carbons (Fsp3) is 0.500. The van der Waals surface area contributed by atoms with E-state index in [2.05, 4.69) is 10.6 Å². The summed E-state index contributed by atoms with van der Waals surface area (Å²) in [7, 11) is 0. The van der Waals surface area contributed by atoms with Crippen molar-refractivity contribution in [1.29, 1.82) is 0 Å². The molecule has 1 aromatic carbocycles. The van der Waals surface area contributed by atoms with Crippen LogP contribution in [0.5, 0.6) is 0 Å². The van der Waals surface area contributed by atoms with Crippen LogP contribution in [0.1, 0.15) is 50.4 Å². The van der Waals surface area contributed by atoms with E-state index in [1.54, 1.807) is 24.3 Å². The molecule has 0 aliphatic rings. The molecule has 116 valence electrons. The van der Waals surface area contributed by atoms with Gasteiger partial charge in [0.15, 0.2) is 0 Å². The van der Waals surface area contributed by atoms with Crippen LogP contribution in [0.3, 0.4) is 0 Å². The number of unbranched alkanes of at least 4 members (excludes halogenated alkanes) is 1. The molecule has 0 spiro atoms. The second-order valence-electron chi connectivity index (χ2n) is 6.08. The van der Waals surface area contributed by atoms with Crippen LogP contribution >= 0.6 is 0 Å². The number of benzene rings is 1. The lowest BCUT2D eigenvalue weighted by atomic mass is 10.1. The molecule has 0 atom stereocenters. The molecule has 0 aliphatic carbocycles. The van der Waals surface area contributed by atoms with Crippen molar-refractivity contribution < 1.29 is 9.59 Å². The van der Waals surface area contributed by atoms with Gasteiger partial charge in [0.25, 0.3) is 5.91 Å². The Morgan fingerprint density at radius 1 is 1.10 bits per heavy atom. The van der Waals surface area contributed by atoms with Gasteiger partial charge in [-0.25, -0.2) is 0 Å². The summed E-state index contributed by atoms with van der Waals surface area (Å²) in [4.78, 5) is 23.6. The number of carbonyl (C=O) groups excluding carboxylic acids is 2. The number of hydrogen-bond donors (Lipinski definition) is 3. The third kappa shape index (κ3) is 6.90. The van der Waals surface area contributed by atoms with E-state index in [0.29, 0.717) is 24.2 Å². The highest BCUT2D eigenvalue weighted by Crippen LogP contribution is 2.11. The Labute approximate surface area is 126 Å². The van der Waals surface area contributed by atoms with Crippen LogP contribution in [0.2, 0.25) is 0 Å². The molecule has 0 aromatic heterocycles. The molecule has 0 saturated heterocycles. The van der Waals surface area contributed by atoms with Crippen molar-refractivity contribution in [2.75, 3.05) is 11.9 Å². The normalized spacial score (nSPS) is 11.0. The van der Waals surface area contributed by atoms with Crippen LogP contribution in [0.15, 0.2) is 24.3 Å². The molecule has 21 heavy (non-hydrogen) atoms. The highest BCUT2D eigenvalue weighted by molar-refractivity contribution is 5.96. The van der Waals surface area contributed by atoms with Crippen molar-refractivity contribution in [3.05, 3.63) is 29.8 Å². The summed E-state index contributed by atoms with van der Waals surface area (Å²) in [5.74, 6) is -0.154. The molecular weight excluding hydrogens is 266 g/mol. The predicted octanol–water partition coefficient (Wildman–Crippen LogP) is 2.28. The highest BCUT2D eigenvalue weighted by Gasteiger charge is 2.15. The fourth-order valence-electron chi connectivity index (χ4n) is 1.77. The van der Waals surface area contributed by atoms with Gasteiger partial charge in [-0.3, -0.25) is 9.59 Å². The van der Waals surface area contributed by atoms with Gasteiger partial charge in [0.05, 0.1) is 0 Å². The zero-order chi connectivity index (χ0) is 15.9. The van der Waals surface area contributed by atoms with Crippen LogP contribution in [-0.4, -0.2) is 23.9 Å². The van der Waals surface area contributed by atoms with Gasteiger partial charge in [-0.05, 0) is 64.4 Å². The average Bonchev–Trinajstić information content (AvgIpc) is 2.38. The minimum atomic E-state index is -0.271. The van der Waals surface area contributed by atoms with Gasteiger partial charge in [-0.1, -0.05) is 0 Å². The molecule has 0 fully saturated rings. The molecule has 2 amide bonds. The number of nitrogens with two attached hydrogens (primary N) is 1. The van der Waals surface area contributed by atoms with Crippen LogP contribution in [0.25, 0.3) is 0 Å². The van der Waals surface area contributed by atoms with E-state index in [1.807, 2.05) is 20.8 Å². The molecule has 1 aromatic rings. The molecule has 0 bridgehead atoms. The number of amides is 2. The van der Waals surface area contributed by atoms with Gasteiger partial charge in [-0.2, -0.15) is 0 Å². The maximum Gasteiger partial charge on any atom is 0.251 e. The largest absolute Gasteiger partial charge is 0.347 e. The van der Waals surface area contributed by atoms with Crippen molar-refractivity contribution in [3.63, 3.8) is 0 Å². The van der Waals surface area contributed by atoms with Crippen molar-refractivity contribution >= 4 is 17.5 Å². The minimum absolute atomic E-state index is 0.0321. The summed E-state index contributed by atoms with van der Waals surface area (Å²) in [6.07, 6.45) is 2.09. The molecule has 4 N–H and O–H groups in total. The molecule has 0 heterocycles. The molecule has 5 nitrogen and oxygen atoms in total. The summed E-state index contributed by atoms with van der Waals surface area (Å²) < 4.78 is 0. The Bertz CT molecular complexity index is 475. The summed E-state index contributed by atoms with van der Waals surface area (Å²) >= 11 is 0. The Kier molecular flexibility index (Phi) is 6.37. The van der Waals surface area contributed by atoms with E-state index in [-0.39, 0.29) is 17.4 Å². The van der Waals surface area contributed by atoms with E-state index in [1.165, 1.54) is 0 Å². The molecule has 0 radical (unpaired) electrons. The summed E-state index contributed by atoms with van der Waals surface area (Å²) in [6.45, 7) is 6.40. The summed E-state index contributed by atoms with van der Waals surface area (Å²) in [5.41, 5.74) is 6.39. The van der Waals surface area contributed by atoms with Crippen LogP contribution in [-0.2, 0) is 4.79 Å². The Balaban J connectivity index is 2.54. The second kappa shape index (κ2) is 7.78. The van der Waals surface area contributed by atoms with Crippen molar-refractivity contribution in [2.24, 2.45) is 5.73 Å². The molecule has 0 aliphatic heterocycles. The predicted molar refractivity (Wildman–Crippen MR) is 85.2 cm³/mol. The quantitative estimate of drug-likeness (QED) is 0.703. The SMILES string of the molecule is CC(C)(C)NC(=O)c1ccc(NC(=O)CCCCN)cc1. The van der Waals surface area contributed by atoms with Gasteiger partial charge in [0.2, 0.25) is 5.91 Å². The fourth-order valence-corrected chi connectivity index (χ4v) is 1.77. The first-order valence-corrected chi connectivity index (χ1v) is 7.24. The van der Waals surface area contributed by atoms with Crippen molar-refractivity contribution in [3.8, 4) is 0 Å². The monoisotopic (exact) mass is 291 g/mol. The molecular formula is C16H25N3O2. The number of anilines is 1. The third-order valence-electron chi connectivity index (χ3n) is 2.78. The van der Waals surface area contributed by atoms with Gasteiger partial charge in [0, 0.05) is 23.2 Å². The number of carbonyl (C=O) groups is 2. The van der Waals surface area contributed by atoms with Gasteiger partial charge in [0.1, 0.15) is 0 Å². The van der Waals surface area contributed by atoms with Gasteiger partial charge < -0.3 is 16.4 Å². The van der Waals surface area contributed by atoms with E-state index in [0.717, 1.165) is 12.8 Å². The maximum absolute atomic E-state index is 12.0. The zero-order valence-corrected chi connectivity index (χ0v) is 13.0. The number of rotatable bonds is 6. The van der Waals surface area contributed by atoms with E-state index < -0.39 is 0 Å². The Morgan fingerprint density at radius 3 is 2.24 bits per heavy atom. The summed E-state index contributed by atoms with van der Waals surface area (Å²) in [6, 6.07) is 6.88. The van der Waals surface area contributed by atoms with Crippen LogP contribution < -0.4 is 16.4 Å². The van der Waals surface area contributed by atoms with Crippen molar-refractivity contribution in [2.45, 2.75) is 45.6 Å². The number of hydrogen-bond acceptors (Lipinski definition) is 3. The lowest BCUT2D eigenvalue weighted by Gasteiger charge is -2.20. The minimum Gasteiger partial charge on any atom is -0.347 e.